The second-order valence-electron chi connectivity index (χ2n) is 3.06. The Kier molecular flexibility index (Phi) is 3.11. The van der Waals surface area contributed by atoms with Gasteiger partial charge in [0.15, 0.2) is 0 Å². The number of rotatable bonds is 3. The van der Waals surface area contributed by atoms with Crippen LogP contribution >= 0.6 is 0 Å². The molecule has 0 unspecified atom stereocenters. The van der Waals surface area contributed by atoms with Crippen molar-refractivity contribution in [2.24, 2.45) is 0 Å². The van der Waals surface area contributed by atoms with Gasteiger partial charge in [-0.2, -0.15) is 9.71 Å². The van der Waals surface area contributed by atoms with E-state index in [-0.39, 0.29) is 5.62 Å². The van der Waals surface area contributed by atoms with Crippen LogP contribution in [0.3, 0.4) is 0 Å². The van der Waals surface area contributed by atoms with Crippen LogP contribution in [0.2, 0.25) is 0 Å². The third kappa shape index (κ3) is 1.86. The standard InChI is InChI=1S/C9H16N4O/c1-4-12(5-2)8-6-7(3)13(14)9(10)11-8/h6,10,14H,4-5H2,1-3H3. The Bertz CT molecular complexity index is 368. The van der Waals surface area contributed by atoms with E-state index in [1.54, 1.807) is 13.0 Å². The summed E-state index contributed by atoms with van der Waals surface area (Å²) in [6.45, 7) is 7.50. The van der Waals surface area contributed by atoms with Gasteiger partial charge in [-0.25, -0.2) is 0 Å². The van der Waals surface area contributed by atoms with Gasteiger partial charge in [-0.3, -0.25) is 5.41 Å². The van der Waals surface area contributed by atoms with E-state index in [2.05, 4.69) is 4.98 Å². The largest absolute Gasteiger partial charge is 0.425 e. The lowest BCUT2D eigenvalue weighted by Gasteiger charge is -2.20. The quantitative estimate of drug-likeness (QED) is 0.701. The predicted octanol–water partition coefficient (Wildman–Crippen LogP) is 0.754. The van der Waals surface area contributed by atoms with Crippen molar-refractivity contribution in [2.75, 3.05) is 18.0 Å². The first-order valence-electron chi connectivity index (χ1n) is 4.69. The van der Waals surface area contributed by atoms with Crippen molar-refractivity contribution in [2.45, 2.75) is 20.8 Å². The first-order valence-corrected chi connectivity index (χ1v) is 4.69. The van der Waals surface area contributed by atoms with Gasteiger partial charge in [0, 0.05) is 19.2 Å². The molecule has 0 atom stereocenters. The summed E-state index contributed by atoms with van der Waals surface area (Å²) < 4.78 is 0.771. The van der Waals surface area contributed by atoms with E-state index in [1.165, 1.54) is 0 Å². The third-order valence-corrected chi connectivity index (χ3v) is 2.18. The Morgan fingerprint density at radius 3 is 2.50 bits per heavy atom. The van der Waals surface area contributed by atoms with E-state index in [4.69, 9.17) is 5.41 Å². The minimum Gasteiger partial charge on any atom is -0.425 e. The molecule has 1 aromatic heterocycles. The minimum atomic E-state index is -0.132. The van der Waals surface area contributed by atoms with Gasteiger partial charge in [0.05, 0.1) is 5.69 Å². The van der Waals surface area contributed by atoms with Gasteiger partial charge in [-0.05, 0) is 20.8 Å². The molecular formula is C9H16N4O. The number of aryl methyl sites for hydroxylation is 1. The van der Waals surface area contributed by atoms with Crippen LogP contribution in [0.25, 0.3) is 0 Å². The lowest BCUT2D eigenvalue weighted by molar-refractivity contribution is 0.158. The number of nitrogens with zero attached hydrogens (tertiary/aromatic N) is 3. The molecule has 0 spiro atoms. The Morgan fingerprint density at radius 1 is 1.50 bits per heavy atom. The average molecular weight is 196 g/mol. The Labute approximate surface area is 83.1 Å². The maximum atomic E-state index is 9.31. The number of anilines is 1. The van der Waals surface area contributed by atoms with Crippen molar-refractivity contribution in [3.05, 3.63) is 17.4 Å². The molecule has 0 saturated heterocycles. The molecule has 0 saturated carbocycles. The highest BCUT2D eigenvalue weighted by Gasteiger charge is 2.06. The van der Waals surface area contributed by atoms with Crippen LogP contribution < -0.4 is 10.5 Å². The first-order chi connectivity index (χ1) is 6.60. The Balaban J connectivity index is 3.18. The second-order valence-corrected chi connectivity index (χ2v) is 3.06. The van der Waals surface area contributed by atoms with E-state index in [0.717, 1.165) is 23.6 Å². The van der Waals surface area contributed by atoms with Crippen molar-refractivity contribution in [3.8, 4) is 0 Å². The topological polar surface area (TPSA) is 65.1 Å². The van der Waals surface area contributed by atoms with Gasteiger partial charge >= 0.3 is 0 Å². The molecule has 0 aliphatic carbocycles. The summed E-state index contributed by atoms with van der Waals surface area (Å²) in [6.07, 6.45) is 0. The smallest absolute Gasteiger partial charge is 0.257 e. The summed E-state index contributed by atoms with van der Waals surface area (Å²) in [5.41, 5.74) is 0.485. The van der Waals surface area contributed by atoms with Crippen LogP contribution in [-0.2, 0) is 0 Å². The molecule has 1 aromatic rings. The molecule has 1 rings (SSSR count). The van der Waals surface area contributed by atoms with Crippen LogP contribution in [0.15, 0.2) is 6.07 Å². The van der Waals surface area contributed by atoms with Crippen LogP contribution in [0.4, 0.5) is 5.82 Å². The molecule has 0 bridgehead atoms. The average Bonchev–Trinajstić information content (AvgIpc) is 2.16. The molecule has 0 radical (unpaired) electrons. The van der Waals surface area contributed by atoms with E-state index < -0.39 is 0 Å². The summed E-state index contributed by atoms with van der Waals surface area (Å²) in [5, 5.41) is 16.7. The van der Waals surface area contributed by atoms with Crippen molar-refractivity contribution >= 4 is 5.82 Å². The van der Waals surface area contributed by atoms with Gasteiger partial charge in [-0.1, -0.05) is 0 Å². The molecular weight excluding hydrogens is 180 g/mol. The molecule has 0 aliphatic heterocycles. The molecule has 14 heavy (non-hydrogen) atoms. The molecule has 0 aromatic carbocycles. The zero-order valence-electron chi connectivity index (χ0n) is 8.78. The summed E-state index contributed by atoms with van der Waals surface area (Å²) in [6, 6.07) is 1.77. The summed E-state index contributed by atoms with van der Waals surface area (Å²) in [7, 11) is 0. The highest BCUT2D eigenvalue weighted by molar-refractivity contribution is 5.38. The fraction of sp³-hybridized carbons (Fsp3) is 0.556. The second kappa shape index (κ2) is 4.13. The highest BCUT2D eigenvalue weighted by Crippen LogP contribution is 2.08. The molecule has 2 N–H and O–H groups in total. The molecule has 78 valence electrons. The number of hydrogen-bond donors (Lipinski definition) is 2. The summed E-state index contributed by atoms with van der Waals surface area (Å²) in [5.74, 6) is 0.739. The van der Waals surface area contributed by atoms with Crippen molar-refractivity contribution in [1.29, 1.82) is 5.41 Å². The van der Waals surface area contributed by atoms with Crippen molar-refractivity contribution in [3.63, 3.8) is 0 Å². The number of aromatic nitrogens is 2. The van der Waals surface area contributed by atoms with Crippen molar-refractivity contribution in [1.82, 2.24) is 9.71 Å². The normalized spacial score (nSPS) is 10.2. The maximum absolute atomic E-state index is 9.31. The third-order valence-electron chi connectivity index (χ3n) is 2.18. The maximum Gasteiger partial charge on any atom is 0.257 e. The highest BCUT2D eigenvalue weighted by atomic mass is 16.5. The Hall–Kier alpha value is -1.52. The zero-order valence-corrected chi connectivity index (χ0v) is 8.78. The van der Waals surface area contributed by atoms with Crippen LogP contribution in [0, 0.1) is 12.3 Å². The van der Waals surface area contributed by atoms with E-state index in [1.807, 2.05) is 18.7 Å². The van der Waals surface area contributed by atoms with E-state index in [9.17, 15) is 5.21 Å². The van der Waals surface area contributed by atoms with Gasteiger partial charge in [-0.15, -0.1) is 0 Å². The lowest BCUT2D eigenvalue weighted by Crippen LogP contribution is -2.30. The molecule has 5 heteroatoms. The first kappa shape index (κ1) is 10.6. The summed E-state index contributed by atoms with van der Waals surface area (Å²) in [4.78, 5) is 6.01. The fourth-order valence-corrected chi connectivity index (χ4v) is 1.31. The van der Waals surface area contributed by atoms with Gasteiger partial charge in [0.1, 0.15) is 5.82 Å². The predicted molar refractivity (Wildman–Crippen MR) is 53.6 cm³/mol. The van der Waals surface area contributed by atoms with Crippen LogP contribution in [0.1, 0.15) is 19.5 Å². The number of nitrogens with one attached hydrogen (secondary N) is 1. The number of hydrogen-bond acceptors (Lipinski definition) is 4. The molecule has 5 nitrogen and oxygen atoms in total. The van der Waals surface area contributed by atoms with Gasteiger partial charge in [0.2, 0.25) is 0 Å². The molecule has 0 amide bonds. The van der Waals surface area contributed by atoms with Crippen LogP contribution in [0.5, 0.6) is 0 Å². The van der Waals surface area contributed by atoms with E-state index in [0.29, 0.717) is 5.69 Å². The zero-order chi connectivity index (χ0) is 10.7. The fourth-order valence-electron chi connectivity index (χ4n) is 1.31. The SMILES string of the molecule is CCN(CC)c1cc(C)n(O)c(=N)n1. The van der Waals surface area contributed by atoms with E-state index >= 15 is 0 Å². The minimum absolute atomic E-state index is 0.132. The molecule has 0 aliphatic rings. The lowest BCUT2D eigenvalue weighted by atomic mass is 10.4. The van der Waals surface area contributed by atoms with Crippen molar-refractivity contribution < 1.29 is 5.21 Å². The molecule has 0 fully saturated rings. The summed E-state index contributed by atoms with van der Waals surface area (Å²) >= 11 is 0. The van der Waals surface area contributed by atoms with Crippen LogP contribution in [-0.4, -0.2) is 28.0 Å². The van der Waals surface area contributed by atoms with Gasteiger partial charge in [0.25, 0.3) is 5.62 Å². The Morgan fingerprint density at radius 2 is 2.07 bits per heavy atom. The molecule has 1 heterocycles. The van der Waals surface area contributed by atoms with Gasteiger partial charge < -0.3 is 10.1 Å². The monoisotopic (exact) mass is 196 g/mol.